The molecule has 3 nitrogen and oxygen atoms in total. The Kier molecular flexibility index (Phi) is 3.73. The number of nitriles is 1. The van der Waals surface area contributed by atoms with Gasteiger partial charge in [0.2, 0.25) is 0 Å². The number of anilines is 1. The summed E-state index contributed by atoms with van der Waals surface area (Å²) in [6, 6.07) is 10.1. The molecule has 0 aromatic carbocycles. The largest absolute Gasteiger partial charge is 0.376 e. The van der Waals surface area contributed by atoms with Gasteiger partial charge in [0.1, 0.15) is 11.8 Å². The third-order valence-electron chi connectivity index (χ3n) is 2.51. The van der Waals surface area contributed by atoms with Crippen LogP contribution < -0.4 is 5.32 Å². The van der Waals surface area contributed by atoms with Crippen LogP contribution in [0, 0.1) is 11.3 Å². The average molecular weight is 243 g/mol. The van der Waals surface area contributed by atoms with Gasteiger partial charge >= 0.3 is 0 Å². The molecule has 0 aliphatic heterocycles. The zero-order chi connectivity index (χ0) is 12.1. The molecule has 0 radical (unpaired) electrons. The van der Waals surface area contributed by atoms with E-state index in [0.717, 1.165) is 12.1 Å². The molecule has 4 heteroatoms. The highest BCUT2D eigenvalue weighted by atomic mass is 32.1. The molecule has 17 heavy (non-hydrogen) atoms. The van der Waals surface area contributed by atoms with Crippen molar-refractivity contribution >= 4 is 17.0 Å². The lowest BCUT2D eigenvalue weighted by atomic mass is 10.2. The lowest BCUT2D eigenvalue weighted by Gasteiger charge is -2.16. The van der Waals surface area contributed by atoms with Crippen LogP contribution in [0.3, 0.4) is 0 Å². The molecule has 0 bridgehead atoms. The first kappa shape index (κ1) is 11.6. The summed E-state index contributed by atoms with van der Waals surface area (Å²) in [6.07, 6.45) is 2.72. The maximum Gasteiger partial charge on any atom is 0.140 e. The second kappa shape index (κ2) is 5.46. The number of nitrogens with one attached hydrogen (secondary N) is 1. The van der Waals surface area contributed by atoms with Crippen LogP contribution in [-0.4, -0.2) is 4.98 Å². The Bertz CT molecular complexity index is 496. The predicted octanol–water partition coefficient (Wildman–Crippen LogP) is 3.58. The molecule has 0 saturated heterocycles. The molecular formula is C13H13N3S. The van der Waals surface area contributed by atoms with Crippen molar-refractivity contribution in [3.8, 4) is 6.07 Å². The highest BCUT2D eigenvalue weighted by molar-refractivity contribution is 7.10. The highest BCUT2D eigenvalue weighted by Crippen LogP contribution is 2.25. The lowest BCUT2D eigenvalue weighted by molar-refractivity contribution is 0.763. The molecule has 1 atom stereocenters. The van der Waals surface area contributed by atoms with E-state index in [1.807, 2.05) is 12.1 Å². The van der Waals surface area contributed by atoms with E-state index in [4.69, 9.17) is 5.26 Å². The van der Waals surface area contributed by atoms with E-state index in [2.05, 4.69) is 34.7 Å². The normalized spacial score (nSPS) is 11.8. The van der Waals surface area contributed by atoms with Gasteiger partial charge in [-0.2, -0.15) is 5.26 Å². The quantitative estimate of drug-likeness (QED) is 0.892. The average Bonchev–Trinajstić information content (AvgIpc) is 2.90. The van der Waals surface area contributed by atoms with Crippen molar-refractivity contribution in [1.82, 2.24) is 4.98 Å². The summed E-state index contributed by atoms with van der Waals surface area (Å²) >= 11 is 1.75. The smallest absolute Gasteiger partial charge is 0.140 e. The summed E-state index contributed by atoms with van der Waals surface area (Å²) in [6.45, 7) is 2.15. The van der Waals surface area contributed by atoms with Crippen molar-refractivity contribution in [2.24, 2.45) is 0 Å². The first-order chi connectivity index (χ1) is 8.33. The fraction of sp³-hybridized carbons (Fsp3) is 0.231. The molecule has 0 spiro atoms. The molecule has 2 aromatic rings. The van der Waals surface area contributed by atoms with Crippen molar-refractivity contribution in [3.05, 3.63) is 46.4 Å². The van der Waals surface area contributed by atoms with Gasteiger partial charge in [0, 0.05) is 4.88 Å². The fourth-order valence-corrected chi connectivity index (χ4v) is 2.47. The minimum Gasteiger partial charge on any atom is -0.376 e. The lowest BCUT2D eigenvalue weighted by Crippen LogP contribution is -2.08. The number of hydrogen-bond donors (Lipinski definition) is 1. The van der Waals surface area contributed by atoms with Gasteiger partial charge in [0.05, 0.1) is 17.9 Å². The fourth-order valence-electron chi connectivity index (χ4n) is 1.61. The summed E-state index contributed by atoms with van der Waals surface area (Å²) in [7, 11) is 0. The molecule has 0 saturated carbocycles. The summed E-state index contributed by atoms with van der Waals surface area (Å²) in [5, 5.41) is 14.2. The van der Waals surface area contributed by atoms with Gasteiger partial charge in [-0.05, 0) is 30.0 Å². The number of thiophene rings is 1. The van der Waals surface area contributed by atoms with Crippen LogP contribution in [0.5, 0.6) is 0 Å². The maximum absolute atomic E-state index is 8.68. The van der Waals surface area contributed by atoms with Crippen LogP contribution in [-0.2, 0) is 0 Å². The Balaban J connectivity index is 2.11. The molecule has 86 valence electrons. The molecule has 0 aliphatic rings. The minimum atomic E-state index is 0.310. The van der Waals surface area contributed by atoms with E-state index >= 15 is 0 Å². The first-order valence-corrected chi connectivity index (χ1v) is 6.37. The highest BCUT2D eigenvalue weighted by Gasteiger charge is 2.09. The van der Waals surface area contributed by atoms with Crippen molar-refractivity contribution in [2.75, 3.05) is 5.32 Å². The Labute approximate surface area is 105 Å². The molecule has 2 heterocycles. The van der Waals surface area contributed by atoms with Gasteiger partial charge in [-0.15, -0.1) is 11.3 Å². The molecule has 0 fully saturated rings. The van der Waals surface area contributed by atoms with E-state index in [-0.39, 0.29) is 0 Å². The van der Waals surface area contributed by atoms with Gasteiger partial charge in [-0.3, -0.25) is 0 Å². The number of rotatable bonds is 4. The monoisotopic (exact) mass is 243 g/mol. The summed E-state index contributed by atoms with van der Waals surface area (Å²) in [4.78, 5) is 5.36. The number of aromatic nitrogens is 1. The number of pyridine rings is 1. The third-order valence-corrected chi connectivity index (χ3v) is 3.50. The van der Waals surface area contributed by atoms with Crippen LogP contribution in [0.25, 0.3) is 0 Å². The van der Waals surface area contributed by atoms with Crippen molar-refractivity contribution in [3.63, 3.8) is 0 Å². The number of hydrogen-bond acceptors (Lipinski definition) is 4. The maximum atomic E-state index is 8.68. The van der Waals surface area contributed by atoms with E-state index in [0.29, 0.717) is 11.7 Å². The SMILES string of the molecule is CCC(Nc1ccc(C#N)nc1)c1cccs1. The molecule has 0 amide bonds. The van der Waals surface area contributed by atoms with E-state index in [1.165, 1.54) is 4.88 Å². The summed E-state index contributed by atoms with van der Waals surface area (Å²) < 4.78 is 0. The second-order valence-electron chi connectivity index (χ2n) is 3.66. The van der Waals surface area contributed by atoms with Gasteiger partial charge in [0.25, 0.3) is 0 Å². The third kappa shape index (κ3) is 2.83. The summed E-state index contributed by atoms with van der Waals surface area (Å²) in [5.41, 5.74) is 1.39. The van der Waals surface area contributed by atoms with Crippen LogP contribution in [0.1, 0.15) is 30.0 Å². The van der Waals surface area contributed by atoms with Crippen molar-refractivity contribution < 1.29 is 0 Å². The molecule has 1 unspecified atom stereocenters. The first-order valence-electron chi connectivity index (χ1n) is 5.49. The number of nitrogens with zero attached hydrogens (tertiary/aromatic N) is 2. The van der Waals surface area contributed by atoms with Gasteiger partial charge < -0.3 is 5.32 Å². The van der Waals surface area contributed by atoms with Crippen LogP contribution >= 0.6 is 11.3 Å². The standard InChI is InChI=1S/C13H13N3S/c1-2-12(13-4-3-7-17-13)16-11-6-5-10(8-14)15-9-11/h3-7,9,12,16H,2H2,1H3. The van der Waals surface area contributed by atoms with E-state index in [1.54, 1.807) is 23.6 Å². The Morgan fingerprint density at radius 3 is 2.88 bits per heavy atom. The van der Waals surface area contributed by atoms with E-state index in [9.17, 15) is 0 Å². The van der Waals surface area contributed by atoms with Crippen molar-refractivity contribution in [1.29, 1.82) is 5.26 Å². The van der Waals surface area contributed by atoms with Gasteiger partial charge in [-0.25, -0.2) is 4.98 Å². The molecule has 2 rings (SSSR count). The van der Waals surface area contributed by atoms with Crippen LogP contribution in [0.15, 0.2) is 35.8 Å². The molecule has 1 N–H and O–H groups in total. The van der Waals surface area contributed by atoms with Crippen LogP contribution in [0.4, 0.5) is 5.69 Å². The molecule has 0 aliphatic carbocycles. The Hall–Kier alpha value is -1.86. The predicted molar refractivity (Wildman–Crippen MR) is 69.9 cm³/mol. The zero-order valence-electron chi connectivity index (χ0n) is 9.55. The van der Waals surface area contributed by atoms with Crippen molar-refractivity contribution in [2.45, 2.75) is 19.4 Å². The molecular weight excluding hydrogens is 230 g/mol. The Morgan fingerprint density at radius 1 is 1.47 bits per heavy atom. The van der Waals surface area contributed by atoms with E-state index < -0.39 is 0 Å². The Morgan fingerprint density at radius 2 is 2.35 bits per heavy atom. The minimum absolute atomic E-state index is 0.310. The second-order valence-corrected chi connectivity index (χ2v) is 4.64. The zero-order valence-corrected chi connectivity index (χ0v) is 10.4. The molecule has 2 aromatic heterocycles. The summed E-state index contributed by atoms with van der Waals surface area (Å²) in [5.74, 6) is 0. The van der Waals surface area contributed by atoms with Gasteiger partial charge in [0.15, 0.2) is 0 Å². The van der Waals surface area contributed by atoms with Crippen LogP contribution in [0.2, 0.25) is 0 Å². The topological polar surface area (TPSA) is 48.7 Å². The van der Waals surface area contributed by atoms with Gasteiger partial charge in [-0.1, -0.05) is 13.0 Å².